The third kappa shape index (κ3) is 5.85. The quantitative estimate of drug-likeness (QED) is 0.351. The van der Waals surface area contributed by atoms with Crippen LogP contribution in [0.25, 0.3) is 0 Å². The Hall–Kier alpha value is -0.900. The molecule has 0 heterocycles. The van der Waals surface area contributed by atoms with Gasteiger partial charge in [0.15, 0.2) is 0 Å². The lowest BCUT2D eigenvalue weighted by molar-refractivity contribution is 0.473. The fourth-order valence-corrected chi connectivity index (χ4v) is 0.414. The maximum absolute atomic E-state index is 3.98. The van der Waals surface area contributed by atoms with Gasteiger partial charge in [0.05, 0.1) is 0 Å². The lowest BCUT2D eigenvalue weighted by atomic mass is 10.6. The van der Waals surface area contributed by atoms with Crippen molar-refractivity contribution in [1.29, 1.82) is 0 Å². The van der Waals surface area contributed by atoms with Crippen LogP contribution in [0.3, 0.4) is 0 Å². The van der Waals surface area contributed by atoms with Crippen LogP contribution in [0, 0.1) is 0 Å². The van der Waals surface area contributed by atoms with E-state index in [1.807, 2.05) is 44.9 Å². The van der Waals surface area contributed by atoms with Crippen molar-refractivity contribution in [3.8, 4) is 0 Å². The van der Waals surface area contributed by atoms with Gasteiger partial charge in [0.1, 0.15) is 5.84 Å². The summed E-state index contributed by atoms with van der Waals surface area (Å²) in [5.74, 6) is 0.907. The molecule has 0 fully saturated rings. The second-order valence-corrected chi connectivity index (χ2v) is 3.10. The highest BCUT2D eigenvalue weighted by molar-refractivity contribution is 5.79. The van der Waals surface area contributed by atoms with Crippen molar-refractivity contribution in [2.75, 3.05) is 34.7 Å². The summed E-state index contributed by atoms with van der Waals surface area (Å²) in [4.78, 5) is 3.96. The molecule has 0 aliphatic heterocycles. The van der Waals surface area contributed by atoms with Crippen LogP contribution in [-0.2, 0) is 0 Å². The fourth-order valence-electron chi connectivity index (χ4n) is 0.414. The summed E-state index contributed by atoms with van der Waals surface area (Å²) in [7, 11) is 7.88. The first kappa shape index (κ1) is 11.1. The largest absolute Gasteiger partial charge is 0.365 e. The second kappa shape index (κ2) is 5.71. The van der Waals surface area contributed by atoms with Crippen molar-refractivity contribution in [3.63, 3.8) is 0 Å². The van der Waals surface area contributed by atoms with Gasteiger partial charge in [-0.2, -0.15) is 5.10 Å². The molecule has 70 valence electrons. The molecule has 0 saturated heterocycles. The van der Waals surface area contributed by atoms with Gasteiger partial charge in [-0.25, -0.2) is 0 Å². The average molecular weight is 170 g/mol. The van der Waals surface area contributed by atoms with E-state index in [1.54, 1.807) is 6.21 Å². The minimum atomic E-state index is 0.824. The molecule has 0 aromatic rings. The SMILES string of the molecule is CC(=NN=CCN(C)C)N(C)C. The summed E-state index contributed by atoms with van der Waals surface area (Å²) in [5.41, 5.74) is 0. The van der Waals surface area contributed by atoms with E-state index in [0.29, 0.717) is 0 Å². The second-order valence-electron chi connectivity index (χ2n) is 3.10. The van der Waals surface area contributed by atoms with E-state index < -0.39 is 0 Å². The summed E-state index contributed by atoms with van der Waals surface area (Å²) in [5, 5.41) is 7.89. The van der Waals surface area contributed by atoms with Crippen LogP contribution in [-0.4, -0.2) is 56.6 Å². The maximum Gasteiger partial charge on any atom is 0.123 e. The first-order chi connectivity index (χ1) is 5.54. The van der Waals surface area contributed by atoms with Gasteiger partial charge in [0.2, 0.25) is 0 Å². The van der Waals surface area contributed by atoms with Crippen LogP contribution in [0.2, 0.25) is 0 Å². The summed E-state index contributed by atoms with van der Waals surface area (Å²) in [6, 6.07) is 0. The van der Waals surface area contributed by atoms with Gasteiger partial charge in [-0.1, -0.05) is 0 Å². The Labute approximate surface area is 74.6 Å². The van der Waals surface area contributed by atoms with E-state index in [2.05, 4.69) is 10.2 Å². The van der Waals surface area contributed by atoms with E-state index in [-0.39, 0.29) is 0 Å². The van der Waals surface area contributed by atoms with Crippen molar-refractivity contribution in [1.82, 2.24) is 9.80 Å². The van der Waals surface area contributed by atoms with Crippen molar-refractivity contribution in [2.45, 2.75) is 6.92 Å². The van der Waals surface area contributed by atoms with Gasteiger partial charge in [-0.3, -0.25) is 0 Å². The van der Waals surface area contributed by atoms with Gasteiger partial charge in [-0.05, 0) is 21.0 Å². The molecule has 12 heavy (non-hydrogen) atoms. The normalized spacial score (nSPS) is 13.0. The molecule has 0 spiro atoms. The standard InChI is InChI=1S/C8H18N4/c1-8(12(4)5)10-9-6-7-11(2)3/h6H,7H2,1-5H3. The molecule has 0 atom stereocenters. The minimum absolute atomic E-state index is 0.824. The molecule has 0 amide bonds. The van der Waals surface area contributed by atoms with E-state index in [1.165, 1.54) is 0 Å². The van der Waals surface area contributed by atoms with Gasteiger partial charge < -0.3 is 9.80 Å². The first-order valence-electron chi connectivity index (χ1n) is 3.92. The molecule has 0 N–H and O–H groups in total. The Kier molecular flexibility index (Phi) is 5.28. The van der Waals surface area contributed by atoms with Crippen LogP contribution < -0.4 is 0 Å². The van der Waals surface area contributed by atoms with E-state index in [4.69, 9.17) is 0 Å². The Morgan fingerprint density at radius 2 is 1.83 bits per heavy atom. The molecule has 0 aromatic heterocycles. The highest BCUT2D eigenvalue weighted by Gasteiger charge is 1.89. The molecule has 0 rings (SSSR count). The first-order valence-corrected chi connectivity index (χ1v) is 3.92. The molecular formula is C8H18N4. The van der Waals surface area contributed by atoms with Crippen molar-refractivity contribution in [3.05, 3.63) is 0 Å². The van der Waals surface area contributed by atoms with Gasteiger partial charge in [-0.15, -0.1) is 5.10 Å². The molecular weight excluding hydrogens is 152 g/mol. The average Bonchev–Trinajstić information content (AvgIpc) is 1.97. The molecule has 0 unspecified atom stereocenters. The van der Waals surface area contributed by atoms with Crippen LogP contribution in [0.15, 0.2) is 10.2 Å². The smallest absolute Gasteiger partial charge is 0.123 e. The van der Waals surface area contributed by atoms with Crippen molar-refractivity contribution < 1.29 is 0 Å². The number of hydrogen-bond donors (Lipinski definition) is 0. The molecule has 4 heteroatoms. The lowest BCUT2D eigenvalue weighted by Gasteiger charge is -2.08. The zero-order valence-corrected chi connectivity index (χ0v) is 8.57. The van der Waals surface area contributed by atoms with Crippen LogP contribution in [0.5, 0.6) is 0 Å². The number of amidine groups is 1. The zero-order valence-electron chi connectivity index (χ0n) is 8.57. The highest BCUT2D eigenvalue weighted by atomic mass is 15.3. The van der Waals surface area contributed by atoms with Gasteiger partial charge in [0.25, 0.3) is 0 Å². The van der Waals surface area contributed by atoms with Crippen molar-refractivity contribution in [2.24, 2.45) is 10.2 Å². The zero-order chi connectivity index (χ0) is 9.56. The maximum atomic E-state index is 3.98. The number of hydrogen-bond acceptors (Lipinski definition) is 3. The lowest BCUT2D eigenvalue weighted by Crippen LogP contribution is -2.18. The van der Waals surface area contributed by atoms with Crippen molar-refractivity contribution >= 4 is 12.1 Å². The summed E-state index contributed by atoms with van der Waals surface area (Å²) >= 11 is 0. The Morgan fingerprint density at radius 1 is 1.25 bits per heavy atom. The molecule has 0 saturated carbocycles. The Bertz CT molecular complexity index is 170. The van der Waals surface area contributed by atoms with Gasteiger partial charge in [0, 0.05) is 26.9 Å². The number of rotatable bonds is 3. The summed E-state index contributed by atoms with van der Waals surface area (Å²) in [6.07, 6.45) is 1.78. The Morgan fingerprint density at radius 3 is 2.25 bits per heavy atom. The summed E-state index contributed by atoms with van der Waals surface area (Å²) < 4.78 is 0. The number of nitrogens with zero attached hydrogens (tertiary/aromatic N) is 4. The molecule has 0 radical (unpaired) electrons. The Balaban J connectivity index is 3.79. The molecule has 0 aliphatic rings. The van der Waals surface area contributed by atoms with Crippen LogP contribution >= 0.6 is 0 Å². The van der Waals surface area contributed by atoms with Gasteiger partial charge >= 0.3 is 0 Å². The molecule has 0 aromatic carbocycles. The molecule has 0 bridgehead atoms. The van der Waals surface area contributed by atoms with Crippen LogP contribution in [0.1, 0.15) is 6.92 Å². The van der Waals surface area contributed by atoms with E-state index in [0.717, 1.165) is 12.4 Å². The third-order valence-electron chi connectivity index (χ3n) is 1.38. The molecule has 0 aliphatic carbocycles. The topological polar surface area (TPSA) is 31.2 Å². The van der Waals surface area contributed by atoms with E-state index in [9.17, 15) is 0 Å². The minimum Gasteiger partial charge on any atom is -0.365 e. The monoisotopic (exact) mass is 170 g/mol. The molecule has 4 nitrogen and oxygen atoms in total. The third-order valence-corrected chi connectivity index (χ3v) is 1.38. The predicted octanol–water partition coefficient (Wildman–Crippen LogP) is 0.514. The highest BCUT2D eigenvalue weighted by Crippen LogP contribution is 1.82. The fraction of sp³-hybridized carbons (Fsp3) is 0.750. The summed E-state index contributed by atoms with van der Waals surface area (Å²) in [6.45, 7) is 2.75. The van der Waals surface area contributed by atoms with E-state index >= 15 is 0 Å². The predicted molar refractivity (Wildman–Crippen MR) is 53.8 cm³/mol. The van der Waals surface area contributed by atoms with Crippen LogP contribution in [0.4, 0.5) is 0 Å².